The van der Waals surface area contributed by atoms with Crippen LogP contribution >= 0.6 is 0 Å². The lowest BCUT2D eigenvalue weighted by atomic mass is 9.96. The van der Waals surface area contributed by atoms with Crippen LogP contribution in [0.15, 0.2) is 30.0 Å². The van der Waals surface area contributed by atoms with Gasteiger partial charge in [-0.3, -0.25) is 39.5 Å². The third-order valence-electron chi connectivity index (χ3n) is 8.49. The van der Waals surface area contributed by atoms with E-state index < -0.39 is 11.9 Å². The van der Waals surface area contributed by atoms with E-state index in [0.717, 1.165) is 126 Å². The van der Waals surface area contributed by atoms with Crippen LogP contribution in [0.1, 0.15) is 83.5 Å². The maximum atomic E-state index is 10.1. The van der Waals surface area contributed by atoms with Crippen molar-refractivity contribution in [1.82, 2.24) is 0 Å². The molecule has 0 spiro atoms. The molecule has 6 rings (SSSR count). The highest BCUT2D eigenvalue weighted by Crippen LogP contribution is 2.23. The van der Waals surface area contributed by atoms with E-state index in [0.29, 0.717) is 58.9 Å². The fraction of sp³-hybridized carbons (Fsp3) is 0.771. The van der Waals surface area contributed by atoms with Crippen LogP contribution in [0.2, 0.25) is 0 Å². The maximum Gasteiger partial charge on any atom is 0.303 e. The minimum atomic E-state index is -0.759. The monoisotopic (exact) mass is 718 g/mol. The minimum Gasteiger partial charge on any atom is -0.481 e. The van der Waals surface area contributed by atoms with E-state index in [-0.39, 0.29) is 24.7 Å². The SMILES string of the molecule is C(CCC(C1=NCCO1)C1=NCCO1)CCC(C1=NCCO1)C1=NCCO1.C1COC(CC2=NCCO2)=N1.O=C(O)CCCCCCCC(=O)O. The first-order chi connectivity index (χ1) is 25.0. The number of hydrogen-bond acceptors (Lipinski definition) is 14. The first kappa shape index (κ1) is 39.5. The summed E-state index contributed by atoms with van der Waals surface area (Å²) in [6.07, 6.45) is 10.3. The Hall–Kier alpha value is -4.24. The highest BCUT2D eigenvalue weighted by molar-refractivity contribution is 6.02. The van der Waals surface area contributed by atoms with Gasteiger partial charge >= 0.3 is 11.9 Å². The summed E-state index contributed by atoms with van der Waals surface area (Å²) in [6.45, 7) is 8.63. The number of ether oxygens (including phenoxy) is 6. The summed E-state index contributed by atoms with van der Waals surface area (Å²) < 4.78 is 33.1. The summed E-state index contributed by atoms with van der Waals surface area (Å²) in [5, 5.41) is 16.6. The third-order valence-corrected chi connectivity index (χ3v) is 8.49. The van der Waals surface area contributed by atoms with Crippen LogP contribution in [0.4, 0.5) is 0 Å². The van der Waals surface area contributed by atoms with E-state index in [1.54, 1.807) is 0 Å². The van der Waals surface area contributed by atoms with Crippen LogP contribution in [0.25, 0.3) is 0 Å². The third kappa shape index (κ3) is 15.3. The Balaban J connectivity index is 0.000000202. The van der Waals surface area contributed by atoms with Crippen molar-refractivity contribution in [2.75, 3.05) is 78.9 Å². The smallest absolute Gasteiger partial charge is 0.303 e. The van der Waals surface area contributed by atoms with Gasteiger partial charge in [0.25, 0.3) is 0 Å². The molecule has 6 heterocycles. The van der Waals surface area contributed by atoms with Crippen molar-refractivity contribution in [3.63, 3.8) is 0 Å². The quantitative estimate of drug-likeness (QED) is 0.173. The molecule has 0 aromatic heterocycles. The molecule has 0 atom stereocenters. The van der Waals surface area contributed by atoms with E-state index in [2.05, 4.69) is 30.0 Å². The summed E-state index contributed by atoms with van der Waals surface area (Å²) >= 11 is 0. The van der Waals surface area contributed by atoms with Gasteiger partial charge in [-0.05, 0) is 25.7 Å². The van der Waals surface area contributed by atoms with Gasteiger partial charge in [-0.25, -0.2) is 0 Å². The van der Waals surface area contributed by atoms with Crippen molar-refractivity contribution >= 4 is 47.3 Å². The van der Waals surface area contributed by atoms with E-state index in [4.69, 9.17) is 38.6 Å². The zero-order valence-electron chi connectivity index (χ0n) is 29.7. The largest absolute Gasteiger partial charge is 0.481 e. The van der Waals surface area contributed by atoms with Crippen molar-refractivity contribution in [2.45, 2.75) is 83.5 Å². The van der Waals surface area contributed by atoms with Crippen LogP contribution in [-0.4, -0.2) is 136 Å². The summed E-state index contributed by atoms with van der Waals surface area (Å²) in [4.78, 5) is 46.4. The molecule has 0 radical (unpaired) electrons. The van der Waals surface area contributed by atoms with Gasteiger partial charge < -0.3 is 38.6 Å². The molecule has 0 aromatic carbocycles. The fourth-order valence-corrected chi connectivity index (χ4v) is 6.01. The molecule has 0 saturated carbocycles. The summed E-state index contributed by atoms with van der Waals surface area (Å²) in [7, 11) is 0. The molecular weight excluding hydrogens is 664 g/mol. The Kier molecular flexibility index (Phi) is 18.0. The predicted molar refractivity (Wildman–Crippen MR) is 192 cm³/mol. The Labute approximate surface area is 299 Å². The molecular formula is C35H54N6O10. The molecule has 6 aliphatic rings. The number of nitrogens with zero attached hydrogens (tertiary/aromatic N) is 6. The highest BCUT2D eigenvalue weighted by Gasteiger charge is 2.31. The number of aliphatic imine (C=N–C) groups is 6. The molecule has 284 valence electrons. The van der Waals surface area contributed by atoms with Crippen LogP contribution in [0, 0.1) is 11.8 Å². The summed E-state index contributed by atoms with van der Waals surface area (Å²) in [5.74, 6) is 3.39. The zero-order valence-corrected chi connectivity index (χ0v) is 29.7. The van der Waals surface area contributed by atoms with Gasteiger partial charge in [-0.1, -0.05) is 38.5 Å². The van der Waals surface area contributed by atoms with Gasteiger partial charge in [0.15, 0.2) is 35.4 Å². The normalized spacial score (nSPS) is 18.6. The first-order valence-electron chi connectivity index (χ1n) is 18.4. The van der Waals surface area contributed by atoms with Gasteiger partial charge in [-0.15, -0.1) is 0 Å². The topological polar surface area (TPSA) is 204 Å². The maximum absolute atomic E-state index is 10.1. The average Bonchev–Trinajstić information content (AvgIpc) is 3.96. The molecule has 6 aliphatic heterocycles. The van der Waals surface area contributed by atoms with Gasteiger partial charge in [0.1, 0.15) is 51.5 Å². The molecule has 0 unspecified atom stereocenters. The molecule has 0 saturated heterocycles. The number of carbonyl (C=O) groups is 2. The van der Waals surface area contributed by atoms with Gasteiger partial charge in [0.05, 0.1) is 45.7 Å². The highest BCUT2D eigenvalue weighted by atomic mass is 16.5. The van der Waals surface area contributed by atoms with E-state index in [9.17, 15) is 9.59 Å². The van der Waals surface area contributed by atoms with Crippen LogP contribution in [-0.2, 0) is 38.0 Å². The lowest BCUT2D eigenvalue weighted by Crippen LogP contribution is -2.25. The number of rotatable bonds is 20. The van der Waals surface area contributed by atoms with Crippen LogP contribution in [0.3, 0.4) is 0 Å². The standard InChI is InChI=1S/C19H28N4O4.C9H16O4.C7H10N2O2/c1(2-4-14(16-20-6-10-24-16)17-21-7-11-25-17)3-5-15(18-22-8-12-26-18)19-23-9-13-27-19;10-8(11)6-4-2-1-3-5-7-9(12)13;1-3-10-6(8-1)5-7-9-2-4-11-7/h14-15H,1-13H2;1-7H2,(H,10,11)(H,12,13);1-5H2. The van der Waals surface area contributed by atoms with Gasteiger partial charge in [-0.2, -0.15) is 0 Å². The molecule has 0 aliphatic carbocycles. The lowest BCUT2D eigenvalue weighted by Gasteiger charge is -2.18. The molecule has 0 fully saturated rings. The summed E-state index contributed by atoms with van der Waals surface area (Å²) in [6, 6.07) is 0. The fourth-order valence-electron chi connectivity index (χ4n) is 6.01. The number of hydrogen-bond donors (Lipinski definition) is 2. The number of unbranched alkanes of at least 4 members (excludes halogenated alkanes) is 6. The molecule has 51 heavy (non-hydrogen) atoms. The lowest BCUT2D eigenvalue weighted by molar-refractivity contribution is -0.138. The Morgan fingerprint density at radius 2 is 0.765 bits per heavy atom. The summed E-state index contributed by atoms with van der Waals surface area (Å²) in [5.41, 5.74) is 0. The van der Waals surface area contributed by atoms with Crippen molar-refractivity contribution in [3.8, 4) is 0 Å². The Morgan fingerprint density at radius 3 is 1.06 bits per heavy atom. The predicted octanol–water partition coefficient (Wildman–Crippen LogP) is 4.00. The molecule has 0 aromatic rings. The zero-order chi connectivity index (χ0) is 35.9. The molecule has 0 amide bonds. The van der Waals surface area contributed by atoms with E-state index >= 15 is 0 Å². The number of carboxylic acids is 2. The second-order valence-corrected chi connectivity index (χ2v) is 12.5. The van der Waals surface area contributed by atoms with Crippen LogP contribution in [0.5, 0.6) is 0 Å². The second-order valence-electron chi connectivity index (χ2n) is 12.5. The number of aliphatic carboxylic acids is 2. The van der Waals surface area contributed by atoms with Crippen molar-refractivity contribution < 1.29 is 48.2 Å². The number of carboxylic acid groups (broad SMARTS) is 2. The van der Waals surface area contributed by atoms with Gasteiger partial charge in [0, 0.05) is 12.8 Å². The van der Waals surface area contributed by atoms with Crippen molar-refractivity contribution in [1.29, 1.82) is 0 Å². The van der Waals surface area contributed by atoms with E-state index in [1.807, 2.05) is 0 Å². The van der Waals surface area contributed by atoms with Crippen molar-refractivity contribution in [2.24, 2.45) is 41.8 Å². The second kappa shape index (κ2) is 23.3. The minimum absolute atomic E-state index is 0.0795. The molecule has 0 bridgehead atoms. The van der Waals surface area contributed by atoms with Crippen molar-refractivity contribution in [3.05, 3.63) is 0 Å². The van der Waals surface area contributed by atoms with Crippen LogP contribution < -0.4 is 0 Å². The van der Waals surface area contributed by atoms with Gasteiger partial charge in [0.2, 0.25) is 0 Å². The average molecular weight is 719 g/mol. The molecule has 2 N–H and O–H groups in total. The molecule has 16 nitrogen and oxygen atoms in total. The Morgan fingerprint density at radius 1 is 0.451 bits per heavy atom. The Bertz CT molecular complexity index is 1160. The first-order valence-corrected chi connectivity index (χ1v) is 18.4. The van der Waals surface area contributed by atoms with E-state index in [1.165, 1.54) is 0 Å². The molecule has 16 heteroatoms.